The van der Waals surface area contributed by atoms with Gasteiger partial charge >= 0.3 is 0 Å². The number of carbonyl (C=O) groups is 1. The van der Waals surface area contributed by atoms with Gasteiger partial charge in [-0.25, -0.2) is 9.97 Å². The van der Waals surface area contributed by atoms with Crippen LogP contribution >= 0.6 is 0 Å². The second-order valence-electron chi connectivity index (χ2n) is 4.75. The van der Waals surface area contributed by atoms with Crippen LogP contribution in [0.25, 0.3) is 0 Å². The lowest BCUT2D eigenvalue weighted by Crippen LogP contribution is -2.35. The van der Waals surface area contributed by atoms with Crippen molar-refractivity contribution in [3.05, 3.63) is 11.9 Å². The van der Waals surface area contributed by atoms with Crippen LogP contribution in [0.15, 0.2) is 6.33 Å². The maximum absolute atomic E-state index is 12.0. The summed E-state index contributed by atoms with van der Waals surface area (Å²) in [6, 6.07) is 0. The Morgan fingerprint density at radius 3 is 2.24 bits per heavy atom. The molecule has 0 unspecified atom stereocenters. The Bertz CT molecular complexity index is 446. The lowest BCUT2D eigenvalue weighted by atomic mass is 10.2. The summed E-state index contributed by atoms with van der Waals surface area (Å²) in [6.07, 6.45) is 3.38. The summed E-state index contributed by atoms with van der Waals surface area (Å²) >= 11 is 0. The van der Waals surface area contributed by atoms with Gasteiger partial charge in [0.15, 0.2) is 0 Å². The predicted molar refractivity (Wildman–Crippen MR) is 86.6 cm³/mol. The first-order valence-corrected chi connectivity index (χ1v) is 7.77. The molecule has 0 bridgehead atoms. The molecule has 21 heavy (non-hydrogen) atoms. The van der Waals surface area contributed by atoms with E-state index >= 15 is 0 Å². The smallest absolute Gasteiger partial charge is 0.241 e. The molecule has 2 N–H and O–H groups in total. The fourth-order valence-corrected chi connectivity index (χ4v) is 2.14. The zero-order valence-corrected chi connectivity index (χ0v) is 13.6. The van der Waals surface area contributed by atoms with Crippen LogP contribution in [0.3, 0.4) is 0 Å². The monoisotopic (exact) mass is 293 g/mol. The Kier molecular flexibility index (Phi) is 7.50. The molecular formula is C15H27N5O. The van der Waals surface area contributed by atoms with E-state index in [1.807, 2.05) is 13.8 Å². The Morgan fingerprint density at radius 2 is 1.71 bits per heavy atom. The number of aromatic nitrogens is 2. The van der Waals surface area contributed by atoms with Crippen molar-refractivity contribution in [2.45, 2.75) is 40.5 Å². The maximum atomic E-state index is 12.0. The first kappa shape index (κ1) is 17.2. The number of hydrogen-bond acceptors (Lipinski definition) is 5. The van der Waals surface area contributed by atoms with Crippen molar-refractivity contribution >= 4 is 17.5 Å². The molecule has 0 aliphatic rings. The summed E-state index contributed by atoms with van der Waals surface area (Å²) in [6.45, 7) is 10.7. The van der Waals surface area contributed by atoms with E-state index in [1.165, 1.54) is 6.33 Å². The van der Waals surface area contributed by atoms with E-state index in [0.29, 0.717) is 0 Å². The van der Waals surface area contributed by atoms with Crippen molar-refractivity contribution in [3.8, 4) is 0 Å². The van der Waals surface area contributed by atoms with E-state index in [1.54, 1.807) is 4.90 Å². The quantitative estimate of drug-likeness (QED) is 0.730. The van der Waals surface area contributed by atoms with Crippen LogP contribution < -0.4 is 10.6 Å². The van der Waals surface area contributed by atoms with E-state index in [0.717, 1.165) is 49.7 Å². The Balaban J connectivity index is 2.76. The molecule has 0 aromatic carbocycles. The molecule has 0 atom stereocenters. The number of nitrogens with zero attached hydrogens (tertiary/aromatic N) is 3. The molecule has 0 fully saturated rings. The number of likely N-dealkylation sites (N-methyl/N-ethyl adjacent to an activating group) is 1. The third-order valence-corrected chi connectivity index (χ3v) is 3.36. The van der Waals surface area contributed by atoms with Gasteiger partial charge in [-0.1, -0.05) is 13.8 Å². The second kappa shape index (κ2) is 9.15. The minimum absolute atomic E-state index is 0.0868. The number of amides is 1. The van der Waals surface area contributed by atoms with E-state index in [9.17, 15) is 4.79 Å². The van der Waals surface area contributed by atoms with Gasteiger partial charge < -0.3 is 15.5 Å². The van der Waals surface area contributed by atoms with Gasteiger partial charge in [-0.15, -0.1) is 0 Å². The van der Waals surface area contributed by atoms with Crippen LogP contribution in [0.5, 0.6) is 0 Å². The van der Waals surface area contributed by atoms with Crippen LogP contribution in [-0.4, -0.2) is 47.0 Å². The number of hydrogen-bond donors (Lipinski definition) is 2. The normalized spacial score (nSPS) is 10.3. The first-order valence-electron chi connectivity index (χ1n) is 7.77. The highest BCUT2D eigenvalue weighted by molar-refractivity contribution is 5.81. The van der Waals surface area contributed by atoms with Crippen molar-refractivity contribution < 1.29 is 4.79 Å². The second-order valence-corrected chi connectivity index (χ2v) is 4.75. The van der Waals surface area contributed by atoms with Crippen LogP contribution in [-0.2, 0) is 11.2 Å². The maximum Gasteiger partial charge on any atom is 0.241 e. The first-order chi connectivity index (χ1) is 10.2. The molecule has 0 spiro atoms. The number of anilines is 2. The van der Waals surface area contributed by atoms with Gasteiger partial charge in [-0.05, 0) is 26.7 Å². The van der Waals surface area contributed by atoms with E-state index in [4.69, 9.17) is 0 Å². The van der Waals surface area contributed by atoms with Crippen molar-refractivity contribution in [1.29, 1.82) is 0 Å². The van der Waals surface area contributed by atoms with Gasteiger partial charge in [-0.2, -0.15) is 0 Å². The minimum atomic E-state index is 0.0868. The zero-order valence-electron chi connectivity index (χ0n) is 13.6. The molecular weight excluding hydrogens is 266 g/mol. The largest absolute Gasteiger partial charge is 0.370 e. The van der Waals surface area contributed by atoms with E-state index < -0.39 is 0 Å². The molecule has 0 aliphatic carbocycles. The molecule has 1 rings (SSSR count). The molecule has 1 aromatic heterocycles. The van der Waals surface area contributed by atoms with Gasteiger partial charge in [0.25, 0.3) is 0 Å². The van der Waals surface area contributed by atoms with Gasteiger partial charge in [0.05, 0.1) is 6.54 Å². The molecule has 1 heterocycles. The SMILES string of the molecule is CCCNc1ncnc(NCC(=O)N(CC)CC)c1CC. The van der Waals surface area contributed by atoms with Crippen LogP contribution in [0.1, 0.15) is 39.7 Å². The zero-order chi connectivity index (χ0) is 15.7. The minimum Gasteiger partial charge on any atom is -0.370 e. The summed E-state index contributed by atoms with van der Waals surface area (Å²) in [5.41, 5.74) is 1.03. The van der Waals surface area contributed by atoms with Crippen molar-refractivity contribution in [2.75, 3.05) is 36.8 Å². The molecule has 0 radical (unpaired) electrons. The fourth-order valence-electron chi connectivity index (χ4n) is 2.14. The average Bonchev–Trinajstić information content (AvgIpc) is 2.51. The van der Waals surface area contributed by atoms with Crippen LogP contribution in [0, 0.1) is 0 Å². The summed E-state index contributed by atoms with van der Waals surface area (Å²) in [7, 11) is 0. The lowest BCUT2D eigenvalue weighted by molar-refractivity contribution is -0.128. The molecule has 0 aliphatic heterocycles. The van der Waals surface area contributed by atoms with Gasteiger partial charge in [-0.3, -0.25) is 4.79 Å². The molecule has 6 heteroatoms. The van der Waals surface area contributed by atoms with E-state index in [-0.39, 0.29) is 12.5 Å². The van der Waals surface area contributed by atoms with E-state index in [2.05, 4.69) is 34.4 Å². The highest BCUT2D eigenvalue weighted by Crippen LogP contribution is 2.20. The number of rotatable bonds is 9. The lowest BCUT2D eigenvalue weighted by Gasteiger charge is -2.20. The standard InChI is InChI=1S/C15H27N5O/c1-5-9-16-14-12(6-2)15(19-11-18-14)17-10-13(21)20(7-3)8-4/h11H,5-10H2,1-4H3,(H2,16,17,18,19). The van der Waals surface area contributed by atoms with Crippen molar-refractivity contribution in [2.24, 2.45) is 0 Å². The Hall–Kier alpha value is -1.85. The molecule has 1 amide bonds. The molecule has 118 valence electrons. The third-order valence-electron chi connectivity index (χ3n) is 3.36. The predicted octanol–water partition coefficient (Wildman–Crippen LogP) is 2.14. The highest BCUT2D eigenvalue weighted by atomic mass is 16.2. The molecule has 6 nitrogen and oxygen atoms in total. The topological polar surface area (TPSA) is 70.1 Å². The fraction of sp³-hybridized carbons (Fsp3) is 0.667. The third kappa shape index (κ3) is 4.88. The molecule has 0 saturated heterocycles. The summed E-state index contributed by atoms with van der Waals surface area (Å²) in [5, 5.41) is 6.45. The van der Waals surface area contributed by atoms with Crippen molar-refractivity contribution in [3.63, 3.8) is 0 Å². The van der Waals surface area contributed by atoms with Gasteiger partial charge in [0, 0.05) is 25.2 Å². The average molecular weight is 293 g/mol. The highest BCUT2D eigenvalue weighted by Gasteiger charge is 2.13. The summed E-state index contributed by atoms with van der Waals surface area (Å²) in [4.78, 5) is 22.4. The van der Waals surface area contributed by atoms with Crippen molar-refractivity contribution in [1.82, 2.24) is 14.9 Å². The number of nitrogens with one attached hydrogen (secondary N) is 2. The molecule has 1 aromatic rings. The summed E-state index contributed by atoms with van der Waals surface area (Å²) < 4.78 is 0. The summed E-state index contributed by atoms with van der Waals surface area (Å²) in [5.74, 6) is 1.68. The number of carbonyl (C=O) groups excluding carboxylic acids is 1. The van der Waals surface area contributed by atoms with Crippen LogP contribution in [0.4, 0.5) is 11.6 Å². The Labute approximate surface area is 127 Å². The van der Waals surface area contributed by atoms with Gasteiger partial charge in [0.1, 0.15) is 18.0 Å². The van der Waals surface area contributed by atoms with Crippen LogP contribution in [0.2, 0.25) is 0 Å². The Morgan fingerprint density at radius 1 is 1.10 bits per heavy atom. The molecule has 0 saturated carbocycles. The van der Waals surface area contributed by atoms with Gasteiger partial charge in [0.2, 0.25) is 5.91 Å².